The first-order chi connectivity index (χ1) is 18.7. The zero-order chi connectivity index (χ0) is 28.0. The van der Waals surface area contributed by atoms with E-state index in [0.717, 1.165) is 58.5 Å². The molecule has 0 spiro atoms. The summed E-state index contributed by atoms with van der Waals surface area (Å²) in [5, 5.41) is 2.96. The summed E-state index contributed by atoms with van der Waals surface area (Å²) in [6.07, 6.45) is 2.72. The molecule has 204 valence electrons. The van der Waals surface area contributed by atoms with Crippen LogP contribution in [0.15, 0.2) is 66.7 Å². The van der Waals surface area contributed by atoms with Crippen molar-refractivity contribution in [1.82, 2.24) is 9.55 Å². The Morgan fingerprint density at radius 1 is 0.974 bits per heavy atom. The van der Waals surface area contributed by atoms with E-state index in [0.29, 0.717) is 18.7 Å². The minimum Gasteiger partial charge on any atom is -0.428 e. The van der Waals surface area contributed by atoms with Crippen molar-refractivity contribution in [2.45, 2.75) is 72.4 Å². The first-order valence-corrected chi connectivity index (χ1v) is 13.5. The Bertz CT molecular complexity index is 1450. The summed E-state index contributed by atoms with van der Waals surface area (Å²) in [6.45, 7) is 10.1. The first-order valence-electron chi connectivity index (χ1n) is 13.5. The van der Waals surface area contributed by atoms with Gasteiger partial charge in [0, 0.05) is 30.6 Å². The lowest BCUT2D eigenvalue weighted by Gasteiger charge is -2.19. The Labute approximate surface area is 230 Å². The summed E-state index contributed by atoms with van der Waals surface area (Å²) in [5.74, 6) is 1.47. The number of unbranched alkanes of at least 4 members (excludes halogenated alkanes) is 1. The highest BCUT2D eigenvalue weighted by Crippen LogP contribution is 2.31. The van der Waals surface area contributed by atoms with Crippen LogP contribution in [0.4, 0.5) is 10.5 Å². The summed E-state index contributed by atoms with van der Waals surface area (Å²) in [5.41, 5.74) is 4.91. The second kappa shape index (κ2) is 12.2. The van der Waals surface area contributed by atoms with Crippen molar-refractivity contribution in [2.24, 2.45) is 0 Å². The molecular formula is C32H37N3O4. The normalized spacial score (nSPS) is 11.4. The Kier molecular flexibility index (Phi) is 8.69. The van der Waals surface area contributed by atoms with Gasteiger partial charge in [-0.05, 0) is 62.6 Å². The molecule has 7 nitrogen and oxygen atoms in total. The van der Waals surface area contributed by atoms with Crippen molar-refractivity contribution in [3.63, 3.8) is 0 Å². The molecule has 3 aromatic carbocycles. The molecule has 4 rings (SSSR count). The van der Waals surface area contributed by atoms with E-state index in [4.69, 9.17) is 14.5 Å². The van der Waals surface area contributed by atoms with E-state index in [-0.39, 0.29) is 5.91 Å². The van der Waals surface area contributed by atoms with Crippen LogP contribution in [0.25, 0.3) is 22.2 Å². The number of hydrogen-bond donors (Lipinski definition) is 1. The number of carbonyl (C=O) groups is 2. The molecule has 0 unspecified atom stereocenters. The molecule has 0 fully saturated rings. The molecule has 1 amide bonds. The first kappa shape index (κ1) is 27.9. The van der Waals surface area contributed by atoms with E-state index >= 15 is 0 Å². The lowest BCUT2D eigenvalue weighted by Crippen LogP contribution is -2.26. The number of anilines is 1. The van der Waals surface area contributed by atoms with Crippen molar-refractivity contribution >= 4 is 28.8 Å². The van der Waals surface area contributed by atoms with E-state index in [1.54, 1.807) is 26.8 Å². The van der Waals surface area contributed by atoms with Gasteiger partial charge in [0.25, 0.3) is 0 Å². The Hall–Kier alpha value is -4.13. The van der Waals surface area contributed by atoms with Crippen LogP contribution >= 0.6 is 0 Å². The third kappa shape index (κ3) is 7.25. The number of aryl methyl sites for hydroxylation is 1. The quantitative estimate of drug-likeness (QED) is 0.178. The van der Waals surface area contributed by atoms with Crippen LogP contribution in [0.3, 0.4) is 0 Å². The zero-order valence-electron chi connectivity index (χ0n) is 23.4. The van der Waals surface area contributed by atoms with Gasteiger partial charge < -0.3 is 19.4 Å². The van der Waals surface area contributed by atoms with Gasteiger partial charge in [-0.1, -0.05) is 62.7 Å². The number of fused-ring (bicyclic) bond motifs is 1. The largest absolute Gasteiger partial charge is 0.514 e. The van der Waals surface area contributed by atoms with Crippen molar-refractivity contribution < 1.29 is 19.1 Å². The van der Waals surface area contributed by atoms with Gasteiger partial charge in [0.15, 0.2) is 0 Å². The number of amides is 1. The van der Waals surface area contributed by atoms with Gasteiger partial charge in [-0.2, -0.15) is 0 Å². The number of nitrogens with zero attached hydrogens (tertiary/aromatic N) is 2. The average Bonchev–Trinajstić information content (AvgIpc) is 3.23. The highest BCUT2D eigenvalue weighted by molar-refractivity contribution is 5.93. The molecule has 0 saturated heterocycles. The number of ether oxygens (including phenoxy) is 2. The van der Waals surface area contributed by atoms with Crippen LogP contribution in [0.5, 0.6) is 5.75 Å². The van der Waals surface area contributed by atoms with Gasteiger partial charge in [-0.3, -0.25) is 4.79 Å². The summed E-state index contributed by atoms with van der Waals surface area (Å²) in [4.78, 5) is 29.2. The maximum absolute atomic E-state index is 12.3. The van der Waals surface area contributed by atoms with Crippen LogP contribution in [0.1, 0.15) is 65.3 Å². The summed E-state index contributed by atoms with van der Waals surface area (Å²) in [6, 6.07) is 21.5. The lowest BCUT2D eigenvalue weighted by molar-refractivity contribution is -0.115. The second-order valence-electron chi connectivity index (χ2n) is 10.6. The van der Waals surface area contributed by atoms with Crippen LogP contribution < -0.4 is 10.1 Å². The fourth-order valence-electron chi connectivity index (χ4n) is 4.33. The number of benzene rings is 3. The standard InChI is InChI=1S/C32H37N3O4/c1-6-8-13-29-34-26-19-18-24(33-30(36)7-2)20-27(26)35(29)21-22-14-16-23(17-15-22)25-11-9-10-12-28(25)38-31(37)39-32(3,4)5/h9-12,14-20H,6-8,13,21H2,1-5H3,(H,33,36). The molecule has 0 aliphatic heterocycles. The molecule has 0 radical (unpaired) electrons. The van der Waals surface area contributed by atoms with Crippen LogP contribution in [-0.4, -0.2) is 27.2 Å². The van der Waals surface area contributed by atoms with Gasteiger partial charge in [-0.25, -0.2) is 9.78 Å². The lowest BCUT2D eigenvalue weighted by atomic mass is 10.0. The molecule has 0 aliphatic carbocycles. The summed E-state index contributed by atoms with van der Waals surface area (Å²) >= 11 is 0. The molecule has 0 aliphatic rings. The second-order valence-corrected chi connectivity index (χ2v) is 10.6. The topological polar surface area (TPSA) is 82.5 Å². The van der Waals surface area contributed by atoms with Crippen LogP contribution in [0.2, 0.25) is 0 Å². The Balaban J connectivity index is 1.61. The van der Waals surface area contributed by atoms with Crippen molar-refractivity contribution in [3.8, 4) is 16.9 Å². The highest BCUT2D eigenvalue weighted by Gasteiger charge is 2.19. The van der Waals surface area contributed by atoms with Crippen LogP contribution in [-0.2, 0) is 22.5 Å². The predicted octanol–water partition coefficient (Wildman–Crippen LogP) is 7.76. The van der Waals surface area contributed by atoms with Gasteiger partial charge in [0.1, 0.15) is 17.2 Å². The number of carbonyl (C=O) groups excluding carboxylic acids is 2. The number of hydrogen-bond acceptors (Lipinski definition) is 5. The third-order valence-corrected chi connectivity index (χ3v) is 6.26. The molecule has 39 heavy (non-hydrogen) atoms. The maximum atomic E-state index is 12.3. The number of aromatic nitrogens is 2. The van der Waals surface area contributed by atoms with Crippen molar-refractivity contribution in [3.05, 3.63) is 78.1 Å². The van der Waals surface area contributed by atoms with E-state index in [2.05, 4.69) is 28.9 Å². The third-order valence-electron chi connectivity index (χ3n) is 6.26. The van der Waals surface area contributed by atoms with Gasteiger partial charge >= 0.3 is 6.16 Å². The van der Waals surface area contributed by atoms with Gasteiger partial charge in [0.05, 0.1) is 11.0 Å². The average molecular weight is 528 g/mol. The van der Waals surface area contributed by atoms with Crippen molar-refractivity contribution in [1.29, 1.82) is 0 Å². The number of nitrogens with one attached hydrogen (secondary N) is 1. The summed E-state index contributed by atoms with van der Waals surface area (Å²) in [7, 11) is 0. The van der Waals surface area contributed by atoms with Crippen LogP contribution in [0, 0.1) is 0 Å². The van der Waals surface area contributed by atoms with E-state index in [9.17, 15) is 9.59 Å². The fourth-order valence-corrected chi connectivity index (χ4v) is 4.33. The van der Waals surface area contributed by atoms with E-state index < -0.39 is 11.8 Å². The predicted molar refractivity (Wildman–Crippen MR) is 155 cm³/mol. The Morgan fingerprint density at radius 2 is 1.72 bits per heavy atom. The molecule has 0 bridgehead atoms. The highest BCUT2D eigenvalue weighted by atomic mass is 16.7. The zero-order valence-corrected chi connectivity index (χ0v) is 23.4. The van der Waals surface area contributed by atoms with Crippen molar-refractivity contribution in [2.75, 3.05) is 5.32 Å². The monoisotopic (exact) mass is 527 g/mol. The molecule has 1 N–H and O–H groups in total. The molecule has 4 aromatic rings. The molecule has 0 saturated carbocycles. The van der Waals surface area contributed by atoms with Gasteiger partial charge in [0.2, 0.25) is 5.91 Å². The minimum atomic E-state index is -0.729. The Morgan fingerprint density at radius 3 is 2.41 bits per heavy atom. The summed E-state index contributed by atoms with van der Waals surface area (Å²) < 4.78 is 13.1. The molecule has 1 aromatic heterocycles. The van der Waals surface area contributed by atoms with Gasteiger partial charge in [-0.15, -0.1) is 0 Å². The molecule has 0 atom stereocenters. The number of rotatable bonds is 9. The fraction of sp³-hybridized carbons (Fsp3) is 0.344. The molecule has 1 heterocycles. The minimum absolute atomic E-state index is 0.0156. The molecular weight excluding hydrogens is 490 g/mol. The molecule has 7 heteroatoms. The maximum Gasteiger partial charge on any atom is 0.514 e. The number of imidazole rings is 1. The SMILES string of the molecule is CCCCc1nc2ccc(NC(=O)CC)cc2n1Cc1ccc(-c2ccccc2OC(=O)OC(C)(C)C)cc1. The number of para-hydroxylation sites is 1. The smallest absolute Gasteiger partial charge is 0.428 e. The van der Waals surface area contributed by atoms with E-state index in [1.807, 2.05) is 55.5 Å². The van der Waals surface area contributed by atoms with E-state index in [1.165, 1.54) is 0 Å².